The maximum absolute atomic E-state index is 14.9. The molecule has 2 aliphatic heterocycles. The standard InChI is InChI=1S/C36H39F2N7O9S/c1-20(2)34(44-30(46)18-45-32(47)7-8-33(45)48)36(50)41-21(3)35(49)39-9-12-55(51,52)19-22-13-29-42-28-16-25(26(38)17-40-28)24-6-5-23(37)15-27(24)53-10-4-11-54-31(14-22)43-29/h5-8,13-17,20-21,34H,4,9-12,18-19H2,1-3H3,(H,39,49)(H,41,50)(H,44,46)(H,40,42,43)/t21-,34-/m0/s1. The number of rotatable bonds is 12. The molecule has 19 heteroatoms. The van der Waals surface area contributed by atoms with Crippen LogP contribution in [0.2, 0.25) is 0 Å². The van der Waals surface area contributed by atoms with E-state index in [1.165, 1.54) is 37.3 Å². The predicted octanol–water partition coefficient (Wildman–Crippen LogP) is 1.93. The number of hydrogen-bond acceptors (Lipinski definition) is 12. The minimum Gasteiger partial charge on any atom is -0.493 e. The molecule has 0 saturated heterocycles. The molecule has 16 nitrogen and oxygen atoms in total. The first-order valence-corrected chi connectivity index (χ1v) is 19.0. The van der Waals surface area contributed by atoms with Gasteiger partial charge in [-0.05, 0) is 42.7 Å². The molecule has 4 N–H and O–H groups in total. The van der Waals surface area contributed by atoms with Gasteiger partial charge < -0.3 is 30.7 Å². The molecule has 0 unspecified atom stereocenters. The largest absolute Gasteiger partial charge is 0.493 e. The lowest BCUT2D eigenvalue weighted by atomic mass is 10.0. The van der Waals surface area contributed by atoms with Crippen molar-refractivity contribution in [3.05, 3.63) is 71.9 Å². The number of imide groups is 1. The van der Waals surface area contributed by atoms with E-state index in [-0.39, 0.29) is 48.6 Å². The molecule has 0 fully saturated rings. The Hall–Kier alpha value is -5.98. The van der Waals surface area contributed by atoms with E-state index in [0.717, 1.165) is 29.3 Å². The third kappa shape index (κ3) is 10.8. The van der Waals surface area contributed by atoms with Gasteiger partial charge in [0.25, 0.3) is 11.8 Å². The molecule has 5 amide bonds. The van der Waals surface area contributed by atoms with Crippen LogP contribution >= 0.6 is 0 Å². The molecule has 4 bridgehead atoms. The molecular weight excluding hydrogens is 744 g/mol. The molecule has 0 radical (unpaired) electrons. The number of pyridine rings is 2. The molecule has 2 aromatic heterocycles. The lowest BCUT2D eigenvalue weighted by molar-refractivity contribution is -0.141. The van der Waals surface area contributed by atoms with Gasteiger partial charge in [-0.3, -0.25) is 28.9 Å². The fourth-order valence-corrected chi connectivity index (χ4v) is 6.78. The highest BCUT2D eigenvalue weighted by Crippen LogP contribution is 2.34. The van der Waals surface area contributed by atoms with E-state index >= 15 is 0 Å². The summed E-state index contributed by atoms with van der Waals surface area (Å²) < 4.78 is 66.8. The highest BCUT2D eigenvalue weighted by Gasteiger charge is 2.30. The van der Waals surface area contributed by atoms with Crippen LogP contribution in [0.15, 0.2) is 54.7 Å². The zero-order valence-corrected chi connectivity index (χ0v) is 30.9. The van der Waals surface area contributed by atoms with Gasteiger partial charge in [0.2, 0.25) is 23.6 Å². The number of carbonyl (C=O) groups is 5. The van der Waals surface area contributed by atoms with Crippen molar-refractivity contribution in [1.29, 1.82) is 0 Å². The van der Waals surface area contributed by atoms with Gasteiger partial charge in [-0.25, -0.2) is 22.2 Å². The number of halogens is 2. The summed E-state index contributed by atoms with van der Waals surface area (Å²) in [6.45, 7) is 4.02. The highest BCUT2D eigenvalue weighted by molar-refractivity contribution is 7.90. The number of anilines is 2. The number of aromatic nitrogens is 2. The Balaban J connectivity index is 1.19. The minimum atomic E-state index is -3.84. The first kappa shape index (κ1) is 40.2. The predicted molar refractivity (Wildman–Crippen MR) is 193 cm³/mol. The third-order valence-electron chi connectivity index (χ3n) is 8.32. The highest BCUT2D eigenvalue weighted by atomic mass is 32.2. The molecule has 55 heavy (non-hydrogen) atoms. The topological polar surface area (TPSA) is 215 Å². The van der Waals surface area contributed by atoms with Gasteiger partial charge in [0.05, 0.1) is 30.9 Å². The van der Waals surface area contributed by atoms with Crippen LogP contribution in [0.4, 0.5) is 20.4 Å². The Morgan fingerprint density at radius 3 is 2.38 bits per heavy atom. The molecule has 4 heterocycles. The molecule has 3 aromatic rings. The Kier molecular flexibility index (Phi) is 12.8. The number of ether oxygens (including phenoxy) is 2. The van der Waals surface area contributed by atoms with Gasteiger partial charge in [0.15, 0.2) is 9.84 Å². The molecule has 292 valence electrons. The van der Waals surface area contributed by atoms with E-state index in [9.17, 15) is 41.2 Å². The Bertz CT molecular complexity index is 2110. The number of carbonyl (C=O) groups excluding carboxylic acids is 5. The first-order valence-electron chi connectivity index (χ1n) is 17.2. The summed E-state index contributed by atoms with van der Waals surface area (Å²) in [7, 11) is -3.84. The average Bonchev–Trinajstić information content (AvgIpc) is 3.42. The van der Waals surface area contributed by atoms with Gasteiger partial charge in [-0.1, -0.05) is 13.8 Å². The zero-order valence-electron chi connectivity index (χ0n) is 30.1. The van der Waals surface area contributed by atoms with Crippen LogP contribution in [0, 0.1) is 17.6 Å². The van der Waals surface area contributed by atoms with Gasteiger partial charge in [0.1, 0.15) is 47.6 Å². The van der Waals surface area contributed by atoms with Crippen LogP contribution in [-0.2, 0) is 39.6 Å². The summed E-state index contributed by atoms with van der Waals surface area (Å²) in [5.41, 5.74) is 0.682. The molecule has 2 atom stereocenters. The molecule has 5 rings (SSSR count). The van der Waals surface area contributed by atoms with Crippen molar-refractivity contribution in [2.75, 3.05) is 37.4 Å². The van der Waals surface area contributed by atoms with Crippen molar-refractivity contribution in [3.63, 3.8) is 0 Å². The average molecular weight is 784 g/mol. The van der Waals surface area contributed by atoms with Gasteiger partial charge in [0, 0.05) is 48.4 Å². The normalized spacial score (nSPS) is 15.1. The van der Waals surface area contributed by atoms with Gasteiger partial charge in [-0.2, -0.15) is 4.98 Å². The van der Waals surface area contributed by atoms with Crippen molar-refractivity contribution in [3.8, 4) is 22.8 Å². The number of nitrogens with one attached hydrogen (secondary N) is 4. The fourth-order valence-electron chi connectivity index (χ4n) is 5.54. The van der Waals surface area contributed by atoms with E-state index in [0.29, 0.717) is 17.5 Å². The lowest BCUT2D eigenvalue weighted by Gasteiger charge is -2.24. The zero-order chi connectivity index (χ0) is 39.9. The fraction of sp³-hybridized carbons (Fsp3) is 0.361. The van der Waals surface area contributed by atoms with Gasteiger partial charge in [-0.15, -0.1) is 0 Å². The summed E-state index contributed by atoms with van der Waals surface area (Å²) in [5, 5.41) is 10.4. The van der Waals surface area contributed by atoms with Crippen LogP contribution in [0.3, 0.4) is 0 Å². The van der Waals surface area contributed by atoms with E-state index < -0.39 is 87.1 Å². The maximum Gasteiger partial charge on any atom is 0.254 e. The lowest BCUT2D eigenvalue weighted by Crippen LogP contribution is -2.56. The quantitative estimate of drug-likeness (QED) is 0.194. The second kappa shape index (κ2) is 17.4. The molecule has 0 spiro atoms. The van der Waals surface area contributed by atoms with E-state index in [1.54, 1.807) is 13.8 Å². The Morgan fingerprint density at radius 1 is 0.927 bits per heavy atom. The van der Waals surface area contributed by atoms with Crippen molar-refractivity contribution in [2.24, 2.45) is 5.92 Å². The Morgan fingerprint density at radius 2 is 1.65 bits per heavy atom. The van der Waals surface area contributed by atoms with Crippen molar-refractivity contribution in [1.82, 2.24) is 30.8 Å². The summed E-state index contributed by atoms with van der Waals surface area (Å²) in [6, 6.07) is 5.81. The minimum absolute atomic E-state index is 0.0878. The smallest absolute Gasteiger partial charge is 0.254 e. The Labute approximate surface area is 315 Å². The van der Waals surface area contributed by atoms with E-state index in [1.807, 2.05) is 0 Å². The second-order valence-corrected chi connectivity index (χ2v) is 15.2. The van der Waals surface area contributed by atoms with Crippen LogP contribution in [0.25, 0.3) is 11.1 Å². The number of amides is 5. The molecule has 1 aromatic carbocycles. The molecule has 2 aliphatic rings. The summed E-state index contributed by atoms with van der Waals surface area (Å²) >= 11 is 0. The number of benzene rings is 1. The van der Waals surface area contributed by atoms with Crippen LogP contribution < -0.4 is 30.7 Å². The summed E-state index contributed by atoms with van der Waals surface area (Å²) in [5.74, 6) is -5.50. The first-order chi connectivity index (χ1) is 26.1. The van der Waals surface area contributed by atoms with Gasteiger partial charge >= 0.3 is 0 Å². The number of sulfone groups is 1. The summed E-state index contributed by atoms with van der Waals surface area (Å²) in [6.07, 6.45) is 3.37. The number of fused-ring (bicyclic) bond motifs is 6. The van der Waals surface area contributed by atoms with Crippen LogP contribution in [0.1, 0.15) is 32.8 Å². The van der Waals surface area contributed by atoms with Crippen LogP contribution in [-0.4, -0.2) is 97.0 Å². The molecule has 0 saturated carbocycles. The van der Waals surface area contributed by atoms with Crippen molar-refractivity contribution < 1.29 is 50.6 Å². The third-order valence-corrected chi connectivity index (χ3v) is 9.92. The number of nitrogens with zero attached hydrogens (tertiary/aromatic N) is 3. The SMILES string of the molecule is CC(C)[C@H](NC(=O)CN1C(=O)C=CC1=O)C(=O)N[C@@H](C)C(=O)NCCS(=O)(=O)Cc1cc2nc(c1)OCCCOc1cc(F)ccc1-c1cc(ncc1F)N2. The number of hydrogen-bond donors (Lipinski definition) is 4. The second-order valence-electron chi connectivity index (χ2n) is 13.1. The van der Waals surface area contributed by atoms with Crippen LogP contribution in [0.5, 0.6) is 11.6 Å². The van der Waals surface area contributed by atoms with E-state index in [4.69, 9.17) is 9.47 Å². The van der Waals surface area contributed by atoms with Crippen molar-refractivity contribution >= 4 is 51.0 Å². The molecule has 0 aliphatic carbocycles. The van der Waals surface area contributed by atoms with E-state index in [2.05, 4.69) is 31.2 Å². The summed E-state index contributed by atoms with van der Waals surface area (Å²) in [4.78, 5) is 71.0. The molecular formula is C36H39F2N7O9S. The maximum atomic E-state index is 14.9. The van der Waals surface area contributed by atoms with Crippen molar-refractivity contribution in [2.45, 2.75) is 45.0 Å². The monoisotopic (exact) mass is 783 g/mol.